The van der Waals surface area contributed by atoms with Crippen LogP contribution in [0.1, 0.15) is 52.0 Å². The lowest BCUT2D eigenvalue weighted by atomic mass is 10.00. The number of unbranched alkanes of at least 4 members (excludes halogenated alkanes) is 1. The first-order valence-corrected chi connectivity index (χ1v) is 10.2. The molecule has 2 amide bonds. The summed E-state index contributed by atoms with van der Waals surface area (Å²) in [6.07, 6.45) is 4.59. The fourth-order valence-electron chi connectivity index (χ4n) is 3.83. The van der Waals surface area contributed by atoms with E-state index in [1.165, 1.54) is 11.1 Å². The monoisotopic (exact) mass is 390 g/mol. The van der Waals surface area contributed by atoms with E-state index in [0.717, 1.165) is 19.3 Å². The summed E-state index contributed by atoms with van der Waals surface area (Å²) < 4.78 is 1.74. The average Bonchev–Trinajstić information content (AvgIpc) is 3.15. The molecular formula is C23H26N4O2. The number of benzene rings is 1. The van der Waals surface area contributed by atoms with E-state index >= 15 is 0 Å². The standard InChI is InChI=1S/C23H26N4O2/c1-3-4-13-25(2)22(28)20-19-11-7-8-14-27(19)21(24-20)23(29)26-15-12-17-9-5-6-10-18(17)16-26/h5-11,14H,3-4,12-13,15-16H2,1-2H3. The van der Waals surface area contributed by atoms with Crippen LogP contribution in [0.3, 0.4) is 0 Å². The number of hydrogen-bond acceptors (Lipinski definition) is 3. The molecule has 1 aromatic carbocycles. The van der Waals surface area contributed by atoms with E-state index in [4.69, 9.17) is 0 Å². The van der Waals surface area contributed by atoms with Gasteiger partial charge in [-0.15, -0.1) is 0 Å². The normalized spacial score (nSPS) is 13.4. The minimum atomic E-state index is -0.148. The van der Waals surface area contributed by atoms with Crippen LogP contribution in [0.4, 0.5) is 0 Å². The molecule has 0 aliphatic carbocycles. The number of nitrogens with zero attached hydrogens (tertiary/aromatic N) is 4. The molecule has 150 valence electrons. The van der Waals surface area contributed by atoms with Crippen molar-refractivity contribution in [2.24, 2.45) is 0 Å². The van der Waals surface area contributed by atoms with Crippen LogP contribution in [0.15, 0.2) is 48.7 Å². The van der Waals surface area contributed by atoms with Crippen LogP contribution in [-0.4, -0.2) is 51.1 Å². The van der Waals surface area contributed by atoms with Crippen LogP contribution in [-0.2, 0) is 13.0 Å². The minimum absolute atomic E-state index is 0.143. The van der Waals surface area contributed by atoms with Crippen LogP contribution in [0.25, 0.3) is 5.52 Å². The maximum atomic E-state index is 13.3. The third-order valence-electron chi connectivity index (χ3n) is 5.55. The van der Waals surface area contributed by atoms with E-state index < -0.39 is 0 Å². The molecule has 0 N–H and O–H groups in total. The minimum Gasteiger partial charge on any atom is -0.340 e. The van der Waals surface area contributed by atoms with Gasteiger partial charge >= 0.3 is 0 Å². The van der Waals surface area contributed by atoms with Gasteiger partial charge in [0.2, 0.25) is 5.82 Å². The Balaban J connectivity index is 1.66. The Hall–Kier alpha value is -3.15. The zero-order chi connectivity index (χ0) is 20.4. The van der Waals surface area contributed by atoms with Crippen molar-refractivity contribution in [3.63, 3.8) is 0 Å². The van der Waals surface area contributed by atoms with Crippen LogP contribution in [0.5, 0.6) is 0 Å². The van der Waals surface area contributed by atoms with Crippen molar-refractivity contribution in [3.8, 4) is 0 Å². The number of carbonyl (C=O) groups excluding carboxylic acids is 2. The number of carbonyl (C=O) groups is 2. The van der Waals surface area contributed by atoms with Gasteiger partial charge in [0.1, 0.15) is 0 Å². The van der Waals surface area contributed by atoms with Crippen LogP contribution in [0, 0.1) is 0 Å². The highest BCUT2D eigenvalue weighted by atomic mass is 16.2. The van der Waals surface area contributed by atoms with E-state index in [0.29, 0.717) is 36.7 Å². The molecule has 0 saturated heterocycles. The smallest absolute Gasteiger partial charge is 0.290 e. The molecule has 29 heavy (non-hydrogen) atoms. The molecule has 0 radical (unpaired) electrons. The fraction of sp³-hybridized carbons (Fsp3) is 0.348. The molecule has 3 heterocycles. The lowest BCUT2D eigenvalue weighted by molar-refractivity contribution is 0.0721. The summed E-state index contributed by atoms with van der Waals surface area (Å²) in [5.41, 5.74) is 3.47. The number of pyridine rings is 1. The molecule has 6 heteroatoms. The van der Waals surface area contributed by atoms with Gasteiger partial charge in [0, 0.05) is 32.9 Å². The predicted octanol–water partition coefficient (Wildman–Crippen LogP) is 3.40. The van der Waals surface area contributed by atoms with E-state index in [2.05, 4.69) is 24.0 Å². The second-order valence-corrected chi connectivity index (χ2v) is 7.57. The van der Waals surface area contributed by atoms with Gasteiger partial charge in [-0.05, 0) is 36.1 Å². The molecular weight excluding hydrogens is 364 g/mol. The third kappa shape index (κ3) is 3.62. The van der Waals surface area contributed by atoms with Crippen LogP contribution < -0.4 is 0 Å². The highest BCUT2D eigenvalue weighted by Crippen LogP contribution is 2.22. The molecule has 0 fully saturated rings. The molecule has 0 atom stereocenters. The highest BCUT2D eigenvalue weighted by molar-refractivity contribution is 6.02. The first kappa shape index (κ1) is 19.2. The lowest BCUT2D eigenvalue weighted by Crippen LogP contribution is -2.37. The number of aromatic nitrogens is 2. The summed E-state index contributed by atoms with van der Waals surface area (Å²) in [4.78, 5) is 34.3. The third-order valence-corrected chi connectivity index (χ3v) is 5.55. The SMILES string of the molecule is CCCCN(C)C(=O)c1nc(C(=O)N2CCc3ccccc3C2)n2ccccc12. The van der Waals surface area contributed by atoms with E-state index in [-0.39, 0.29) is 11.8 Å². The second kappa shape index (κ2) is 8.07. The summed E-state index contributed by atoms with van der Waals surface area (Å²) in [6, 6.07) is 13.8. The van der Waals surface area contributed by atoms with Gasteiger partial charge < -0.3 is 9.80 Å². The zero-order valence-electron chi connectivity index (χ0n) is 17.0. The van der Waals surface area contributed by atoms with Gasteiger partial charge in [0.15, 0.2) is 5.69 Å². The molecule has 0 saturated carbocycles. The maximum Gasteiger partial charge on any atom is 0.290 e. The summed E-state index contributed by atoms with van der Waals surface area (Å²) >= 11 is 0. The largest absolute Gasteiger partial charge is 0.340 e. The van der Waals surface area contributed by atoms with Crippen molar-refractivity contribution in [3.05, 3.63) is 71.3 Å². The van der Waals surface area contributed by atoms with Gasteiger partial charge in [-0.3, -0.25) is 14.0 Å². The average molecular weight is 390 g/mol. The molecule has 0 unspecified atom stereocenters. The van der Waals surface area contributed by atoms with Crippen molar-refractivity contribution in [2.45, 2.75) is 32.7 Å². The number of rotatable bonds is 5. The molecule has 1 aliphatic rings. The Morgan fingerprint density at radius 1 is 1.10 bits per heavy atom. The summed E-state index contributed by atoms with van der Waals surface area (Å²) in [7, 11) is 1.79. The Labute approximate surface area is 170 Å². The van der Waals surface area contributed by atoms with Crippen LogP contribution in [0.2, 0.25) is 0 Å². The summed E-state index contributed by atoms with van der Waals surface area (Å²) in [6.45, 7) is 3.99. The van der Waals surface area contributed by atoms with E-state index in [1.54, 1.807) is 22.5 Å². The number of hydrogen-bond donors (Lipinski definition) is 0. The Kier molecular flexibility index (Phi) is 5.34. The molecule has 6 nitrogen and oxygen atoms in total. The molecule has 0 bridgehead atoms. The van der Waals surface area contributed by atoms with Gasteiger partial charge in [-0.25, -0.2) is 4.98 Å². The van der Waals surface area contributed by atoms with Gasteiger partial charge in [-0.2, -0.15) is 0 Å². The number of imidazole rings is 1. The molecule has 3 aromatic rings. The van der Waals surface area contributed by atoms with Crippen molar-refractivity contribution >= 4 is 17.3 Å². The Morgan fingerprint density at radius 3 is 2.66 bits per heavy atom. The lowest BCUT2D eigenvalue weighted by Gasteiger charge is -2.28. The second-order valence-electron chi connectivity index (χ2n) is 7.57. The highest BCUT2D eigenvalue weighted by Gasteiger charge is 2.28. The van der Waals surface area contributed by atoms with Crippen molar-refractivity contribution < 1.29 is 9.59 Å². The first-order valence-electron chi connectivity index (χ1n) is 10.2. The van der Waals surface area contributed by atoms with Gasteiger partial charge in [0.25, 0.3) is 11.8 Å². The zero-order valence-corrected chi connectivity index (χ0v) is 17.0. The quantitative estimate of drug-likeness (QED) is 0.671. The van der Waals surface area contributed by atoms with Crippen LogP contribution >= 0.6 is 0 Å². The Morgan fingerprint density at radius 2 is 1.86 bits per heavy atom. The van der Waals surface area contributed by atoms with Crippen molar-refractivity contribution in [1.82, 2.24) is 19.2 Å². The summed E-state index contributed by atoms with van der Waals surface area (Å²) in [5, 5.41) is 0. The van der Waals surface area contributed by atoms with Crippen molar-refractivity contribution in [1.29, 1.82) is 0 Å². The van der Waals surface area contributed by atoms with Gasteiger partial charge in [0.05, 0.1) is 5.52 Å². The van der Waals surface area contributed by atoms with Gasteiger partial charge in [-0.1, -0.05) is 43.7 Å². The predicted molar refractivity (Wildman–Crippen MR) is 112 cm³/mol. The number of amides is 2. The molecule has 0 spiro atoms. The number of fused-ring (bicyclic) bond motifs is 2. The molecule has 4 rings (SSSR count). The summed E-state index contributed by atoms with van der Waals surface area (Å²) in [5.74, 6) is 0.00776. The van der Waals surface area contributed by atoms with E-state index in [1.807, 2.05) is 35.2 Å². The topological polar surface area (TPSA) is 57.9 Å². The van der Waals surface area contributed by atoms with Crippen molar-refractivity contribution in [2.75, 3.05) is 20.1 Å². The fourth-order valence-corrected chi connectivity index (χ4v) is 3.83. The van der Waals surface area contributed by atoms with E-state index in [9.17, 15) is 9.59 Å². The molecule has 1 aliphatic heterocycles. The first-order chi connectivity index (χ1) is 14.1. The maximum absolute atomic E-state index is 13.3. The molecule has 2 aromatic heterocycles. The Bertz CT molecular complexity index is 1060.